The molecule has 0 amide bonds. The molecule has 1 saturated heterocycles. The van der Waals surface area contributed by atoms with Gasteiger partial charge < -0.3 is 9.84 Å². The van der Waals surface area contributed by atoms with Crippen LogP contribution in [0.1, 0.15) is 71.1 Å². The Morgan fingerprint density at radius 2 is 1.86 bits per heavy atom. The fourth-order valence-electron chi connectivity index (χ4n) is 2.39. The molecule has 0 aromatic rings. The zero-order valence-electron chi connectivity index (χ0n) is 13.3. The Bertz CT molecular complexity index is 333. The Labute approximate surface area is 129 Å². The summed E-state index contributed by atoms with van der Waals surface area (Å²) < 4.78 is 5.64. The molecule has 0 aliphatic carbocycles. The molecule has 120 valence electrons. The topological polar surface area (TPSA) is 49.8 Å². The maximum absolute atomic E-state index is 10.3. The van der Waals surface area contributed by atoms with Gasteiger partial charge in [-0.25, -0.2) is 0 Å². The summed E-state index contributed by atoms with van der Waals surface area (Å²) in [4.78, 5) is 10.3. The Morgan fingerprint density at radius 3 is 2.62 bits per heavy atom. The van der Waals surface area contributed by atoms with Gasteiger partial charge in [0.2, 0.25) is 0 Å². The summed E-state index contributed by atoms with van der Waals surface area (Å²) in [5.74, 6) is -0.697. The maximum Gasteiger partial charge on any atom is 0.303 e. The van der Waals surface area contributed by atoms with Gasteiger partial charge in [0.25, 0.3) is 0 Å². The van der Waals surface area contributed by atoms with Crippen LogP contribution in [-0.4, -0.2) is 23.3 Å². The molecule has 2 atom stereocenters. The van der Waals surface area contributed by atoms with Crippen LogP contribution >= 0.6 is 0 Å². The highest BCUT2D eigenvalue weighted by Crippen LogP contribution is 2.30. The van der Waals surface area contributed by atoms with Crippen LogP contribution in [0, 0.1) is 0 Å². The van der Waals surface area contributed by atoms with E-state index in [1.165, 1.54) is 25.7 Å². The van der Waals surface area contributed by atoms with Crippen LogP contribution in [0.3, 0.4) is 0 Å². The fraction of sp³-hybridized carbons (Fsp3) is 0.722. The molecule has 0 aromatic heterocycles. The first-order valence-corrected chi connectivity index (χ1v) is 8.41. The lowest BCUT2D eigenvalue weighted by Crippen LogP contribution is -1.92. The van der Waals surface area contributed by atoms with E-state index in [1.807, 2.05) is 0 Å². The second-order valence-corrected chi connectivity index (χ2v) is 5.76. The minimum atomic E-state index is -0.697. The van der Waals surface area contributed by atoms with Gasteiger partial charge in [0.15, 0.2) is 0 Å². The lowest BCUT2D eigenvalue weighted by molar-refractivity contribution is -0.137. The third-order valence-electron chi connectivity index (χ3n) is 3.77. The fourth-order valence-corrected chi connectivity index (χ4v) is 2.39. The van der Waals surface area contributed by atoms with Crippen molar-refractivity contribution in [3.8, 4) is 0 Å². The molecule has 0 radical (unpaired) electrons. The van der Waals surface area contributed by atoms with Crippen LogP contribution in [-0.2, 0) is 9.53 Å². The largest absolute Gasteiger partial charge is 0.481 e. The molecule has 1 aliphatic heterocycles. The third kappa shape index (κ3) is 10.3. The van der Waals surface area contributed by atoms with Crippen molar-refractivity contribution in [3.05, 3.63) is 24.3 Å². The van der Waals surface area contributed by atoms with E-state index in [9.17, 15) is 4.79 Å². The predicted octanol–water partition coefficient (Wildman–Crippen LogP) is 4.87. The number of carbonyl (C=O) groups is 1. The standard InChI is InChI=1S/C18H30O3/c1-2-3-10-13-16-17(21-16)14-11-8-6-4-5-7-9-12-15-18(19)20/h4-5,8,11,16-17H,2-3,6-7,9-10,12-15H2,1H3,(H,19,20)/b5-4+,11-8-/t16-,17+/m0/s1. The number of unbranched alkanes of at least 4 members (excludes halogenated alkanes) is 4. The molecule has 3 heteroatoms. The van der Waals surface area contributed by atoms with Gasteiger partial charge >= 0.3 is 5.97 Å². The summed E-state index contributed by atoms with van der Waals surface area (Å²) in [7, 11) is 0. The molecule has 0 spiro atoms. The van der Waals surface area contributed by atoms with Crippen LogP contribution in [0.25, 0.3) is 0 Å². The minimum absolute atomic E-state index is 0.286. The summed E-state index contributed by atoms with van der Waals surface area (Å²) >= 11 is 0. The van der Waals surface area contributed by atoms with E-state index in [4.69, 9.17) is 9.84 Å². The Morgan fingerprint density at radius 1 is 1.05 bits per heavy atom. The number of aliphatic carboxylic acids is 1. The van der Waals surface area contributed by atoms with Crippen molar-refractivity contribution in [1.82, 2.24) is 0 Å². The van der Waals surface area contributed by atoms with Crippen molar-refractivity contribution >= 4 is 5.97 Å². The Hall–Kier alpha value is -1.09. The normalized spacial score (nSPS) is 21.4. The molecule has 0 bridgehead atoms. The average Bonchev–Trinajstić information content (AvgIpc) is 3.19. The first kappa shape index (κ1) is 18.0. The van der Waals surface area contributed by atoms with E-state index in [0.29, 0.717) is 12.2 Å². The summed E-state index contributed by atoms with van der Waals surface area (Å²) in [6.07, 6.45) is 19.8. The van der Waals surface area contributed by atoms with E-state index in [1.54, 1.807) is 0 Å². The van der Waals surface area contributed by atoms with E-state index < -0.39 is 5.97 Å². The van der Waals surface area contributed by atoms with Crippen molar-refractivity contribution in [3.63, 3.8) is 0 Å². The van der Waals surface area contributed by atoms with E-state index in [2.05, 4.69) is 31.2 Å². The monoisotopic (exact) mass is 294 g/mol. The first-order valence-electron chi connectivity index (χ1n) is 8.41. The minimum Gasteiger partial charge on any atom is -0.481 e. The van der Waals surface area contributed by atoms with Crippen molar-refractivity contribution in [2.45, 2.75) is 83.3 Å². The predicted molar refractivity (Wildman–Crippen MR) is 86.4 cm³/mol. The zero-order valence-corrected chi connectivity index (χ0v) is 13.3. The molecule has 1 aliphatic rings. The second-order valence-electron chi connectivity index (χ2n) is 5.76. The van der Waals surface area contributed by atoms with E-state index in [0.717, 1.165) is 32.1 Å². The molecular formula is C18H30O3. The smallest absolute Gasteiger partial charge is 0.303 e. The highest BCUT2D eigenvalue weighted by atomic mass is 16.6. The van der Waals surface area contributed by atoms with Gasteiger partial charge in [-0.3, -0.25) is 4.79 Å². The summed E-state index contributed by atoms with van der Waals surface area (Å²) in [6.45, 7) is 2.23. The summed E-state index contributed by atoms with van der Waals surface area (Å²) in [5.41, 5.74) is 0. The van der Waals surface area contributed by atoms with Crippen molar-refractivity contribution in [1.29, 1.82) is 0 Å². The van der Waals surface area contributed by atoms with Gasteiger partial charge in [0, 0.05) is 6.42 Å². The maximum atomic E-state index is 10.3. The summed E-state index contributed by atoms with van der Waals surface area (Å²) in [6, 6.07) is 0. The van der Waals surface area contributed by atoms with Gasteiger partial charge in [0.05, 0.1) is 12.2 Å². The number of hydrogen-bond acceptors (Lipinski definition) is 2. The van der Waals surface area contributed by atoms with Gasteiger partial charge in [-0.1, -0.05) is 50.5 Å². The molecule has 0 aromatic carbocycles. The van der Waals surface area contributed by atoms with Gasteiger partial charge in [0.1, 0.15) is 0 Å². The van der Waals surface area contributed by atoms with Crippen molar-refractivity contribution in [2.24, 2.45) is 0 Å². The highest BCUT2D eigenvalue weighted by Gasteiger charge is 2.36. The molecule has 1 fully saturated rings. The van der Waals surface area contributed by atoms with E-state index >= 15 is 0 Å². The van der Waals surface area contributed by atoms with Gasteiger partial charge in [-0.05, 0) is 38.5 Å². The van der Waals surface area contributed by atoms with Crippen LogP contribution in [0.15, 0.2) is 24.3 Å². The lowest BCUT2D eigenvalue weighted by Gasteiger charge is -1.93. The number of allylic oxidation sites excluding steroid dienone is 3. The SMILES string of the molecule is CCCCC[C@@H]1O[C@@H]1C/C=C\C/C=C/CCCCC(=O)O. The number of carboxylic acids is 1. The van der Waals surface area contributed by atoms with Gasteiger partial charge in [-0.15, -0.1) is 0 Å². The lowest BCUT2D eigenvalue weighted by atomic mass is 10.1. The van der Waals surface area contributed by atoms with Crippen LogP contribution in [0.2, 0.25) is 0 Å². The molecule has 1 heterocycles. The number of hydrogen-bond donors (Lipinski definition) is 1. The zero-order chi connectivity index (χ0) is 15.3. The Kier molecular flexibility index (Phi) is 9.88. The Balaban J connectivity index is 1.88. The highest BCUT2D eigenvalue weighted by molar-refractivity contribution is 5.66. The quantitative estimate of drug-likeness (QED) is 0.299. The van der Waals surface area contributed by atoms with Crippen LogP contribution in [0.5, 0.6) is 0 Å². The van der Waals surface area contributed by atoms with Crippen molar-refractivity contribution in [2.75, 3.05) is 0 Å². The molecule has 21 heavy (non-hydrogen) atoms. The average molecular weight is 294 g/mol. The molecule has 0 saturated carbocycles. The molecule has 1 N–H and O–H groups in total. The molecular weight excluding hydrogens is 264 g/mol. The van der Waals surface area contributed by atoms with Crippen LogP contribution < -0.4 is 0 Å². The first-order chi connectivity index (χ1) is 10.2. The second kappa shape index (κ2) is 11.6. The number of rotatable bonds is 13. The van der Waals surface area contributed by atoms with Crippen LogP contribution in [0.4, 0.5) is 0 Å². The van der Waals surface area contributed by atoms with E-state index in [-0.39, 0.29) is 6.42 Å². The molecule has 1 rings (SSSR count). The number of ether oxygens (including phenoxy) is 1. The number of epoxide rings is 1. The molecule has 3 nitrogen and oxygen atoms in total. The van der Waals surface area contributed by atoms with Crippen molar-refractivity contribution < 1.29 is 14.6 Å². The number of carboxylic acid groups (broad SMARTS) is 1. The summed E-state index contributed by atoms with van der Waals surface area (Å²) in [5, 5.41) is 8.50. The molecule has 0 unspecified atom stereocenters. The van der Waals surface area contributed by atoms with Gasteiger partial charge in [-0.2, -0.15) is 0 Å². The third-order valence-corrected chi connectivity index (χ3v) is 3.77.